The summed E-state index contributed by atoms with van der Waals surface area (Å²) in [4.78, 5) is 5.96. The Balaban J connectivity index is 1.89. The van der Waals surface area contributed by atoms with Crippen molar-refractivity contribution in [3.8, 4) is 11.8 Å². The zero-order valence-corrected chi connectivity index (χ0v) is 17.8. The summed E-state index contributed by atoms with van der Waals surface area (Å²) in [5, 5.41) is 27.6. The second kappa shape index (κ2) is 9.33. The number of halogens is 2. The van der Waals surface area contributed by atoms with Crippen molar-refractivity contribution in [3.05, 3.63) is 63.7 Å². The van der Waals surface area contributed by atoms with E-state index in [-0.39, 0.29) is 31.2 Å². The fourth-order valence-electron chi connectivity index (χ4n) is 3.43. The zero-order valence-electron chi connectivity index (χ0n) is 17.0. The number of likely N-dealkylation sites (tertiary alicyclic amines) is 1. The van der Waals surface area contributed by atoms with Gasteiger partial charge >= 0.3 is 0 Å². The Labute approximate surface area is 185 Å². The van der Waals surface area contributed by atoms with E-state index in [1.54, 1.807) is 35.2 Å². The molecule has 7 nitrogen and oxygen atoms in total. The highest BCUT2D eigenvalue weighted by Gasteiger charge is 2.39. The van der Waals surface area contributed by atoms with Gasteiger partial charge in [0.1, 0.15) is 17.4 Å². The molecule has 0 spiro atoms. The molecule has 3 rings (SSSR count). The third-order valence-corrected chi connectivity index (χ3v) is 5.53. The van der Waals surface area contributed by atoms with Crippen molar-refractivity contribution in [1.29, 1.82) is 10.7 Å². The second-order valence-corrected chi connectivity index (χ2v) is 7.78. The maximum atomic E-state index is 14.4. The predicted octanol–water partition coefficient (Wildman–Crippen LogP) is 2.86. The molecule has 1 aliphatic heterocycles. The molecule has 0 aromatic heterocycles. The number of hydrogen-bond acceptors (Lipinski definition) is 5. The van der Waals surface area contributed by atoms with Gasteiger partial charge in [0.15, 0.2) is 5.67 Å². The average Bonchev–Trinajstić information content (AvgIpc) is 3.19. The van der Waals surface area contributed by atoms with Gasteiger partial charge in [0, 0.05) is 24.1 Å². The fourth-order valence-corrected chi connectivity index (χ4v) is 3.71. The monoisotopic (exact) mass is 443 g/mol. The number of amidine groups is 2. The number of methoxy groups -OCH3 is 1. The van der Waals surface area contributed by atoms with Gasteiger partial charge in [-0.15, -0.1) is 0 Å². The molecule has 162 valence electrons. The lowest BCUT2D eigenvalue weighted by atomic mass is 10.0. The molecule has 1 fully saturated rings. The van der Waals surface area contributed by atoms with E-state index in [2.05, 4.69) is 11.1 Å². The largest absolute Gasteiger partial charge is 0.495 e. The number of nitrogens with one attached hydrogen (secondary N) is 1. The van der Waals surface area contributed by atoms with Crippen LogP contribution < -0.4 is 10.5 Å². The van der Waals surface area contributed by atoms with Crippen molar-refractivity contribution in [2.45, 2.75) is 18.6 Å². The van der Waals surface area contributed by atoms with Crippen LogP contribution in [0.3, 0.4) is 0 Å². The minimum absolute atomic E-state index is 0.0677. The molecule has 4 N–H and O–H groups in total. The molecule has 1 saturated heterocycles. The van der Waals surface area contributed by atoms with Crippen LogP contribution in [0.2, 0.25) is 5.02 Å². The van der Waals surface area contributed by atoms with Gasteiger partial charge < -0.3 is 20.5 Å². The van der Waals surface area contributed by atoms with Gasteiger partial charge in [-0.05, 0) is 35.9 Å². The zero-order chi connectivity index (χ0) is 22.6. The third kappa shape index (κ3) is 4.95. The van der Waals surface area contributed by atoms with Crippen LogP contribution in [0.25, 0.3) is 0 Å². The minimum atomic E-state index is -1.73. The Hall–Kier alpha value is -3.15. The lowest BCUT2D eigenvalue weighted by Gasteiger charge is -2.23. The first kappa shape index (κ1) is 22.5. The predicted molar refractivity (Wildman–Crippen MR) is 118 cm³/mol. The van der Waals surface area contributed by atoms with Gasteiger partial charge in [-0.25, -0.2) is 4.39 Å². The summed E-state index contributed by atoms with van der Waals surface area (Å²) >= 11 is 6.15. The van der Waals surface area contributed by atoms with E-state index in [0.29, 0.717) is 34.0 Å². The van der Waals surface area contributed by atoms with Gasteiger partial charge in [0.25, 0.3) is 0 Å². The number of nitrogens with zero attached hydrogens (tertiary/aromatic N) is 3. The van der Waals surface area contributed by atoms with Gasteiger partial charge in [0.2, 0.25) is 0 Å². The van der Waals surface area contributed by atoms with E-state index < -0.39 is 12.3 Å². The summed E-state index contributed by atoms with van der Waals surface area (Å²) < 4.78 is 19.6. The number of hydrogen-bond donors (Lipinski definition) is 3. The van der Waals surface area contributed by atoms with Crippen molar-refractivity contribution in [2.24, 2.45) is 10.7 Å². The smallest absolute Gasteiger partial charge is 0.152 e. The Morgan fingerprint density at radius 3 is 2.77 bits per heavy atom. The van der Waals surface area contributed by atoms with Gasteiger partial charge in [-0.2, -0.15) is 5.26 Å². The number of rotatable bonds is 6. The number of benzene rings is 2. The highest BCUT2D eigenvalue weighted by molar-refractivity contribution is 6.32. The van der Waals surface area contributed by atoms with Crippen molar-refractivity contribution < 1.29 is 14.2 Å². The van der Waals surface area contributed by atoms with E-state index in [1.165, 1.54) is 7.11 Å². The molecule has 0 amide bonds. The van der Waals surface area contributed by atoms with E-state index in [1.807, 2.05) is 6.07 Å². The van der Waals surface area contributed by atoms with Crippen molar-refractivity contribution in [3.63, 3.8) is 0 Å². The highest BCUT2D eigenvalue weighted by atomic mass is 35.5. The van der Waals surface area contributed by atoms with Crippen molar-refractivity contribution >= 4 is 23.3 Å². The minimum Gasteiger partial charge on any atom is -0.495 e. The van der Waals surface area contributed by atoms with Crippen molar-refractivity contribution in [1.82, 2.24) is 4.90 Å². The average molecular weight is 444 g/mol. The maximum absolute atomic E-state index is 14.4. The Morgan fingerprint density at radius 1 is 1.39 bits per heavy atom. The highest BCUT2D eigenvalue weighted by Crippen LogP contribution is 2.28. The van der Waals surface area contributed by atoms with Crippen LogP contribution in [0.15, 0.2) is 41.4 Å². The van der Waals surface area contributed by atoms with Crippen LogP contribution in [0.4, 0.5) is 4.39 Å². The summed E-state index contributed by atoms with van der Waals surface area (Å²) in [5.41, 5.74) is 6.54. The standard InChI is InChI=1S/C22H23ClFN5O2/c1-31-19-5-3-15(9-18(19)23)11-28-20(26)17-8-14(10-25)2-4-16(17)21(27)29-7-6-22(24,12-29)13-30/h2-5,8-9,27,30H,6-7,11-13H2,1H3,(H2,26,28). The Morgan fingerprint density at radius 2 is 2.16 bits per heavy atom. The van der Waals surface area contributed by atoms with Crippen LogP contribution in [0.1, 0.15) is 28.7 Å². The van der Waals surface area contributed by atoms with Crippen LogP contribution in [-0.4, -0.2) is 54.2 Å². The molecule has 2 aromatic carbocycles. The summed E-state index contributed by atoms with van der Waals surface area (Å²) in [6.45, 7) is -0.133. The number of ether oxygens (including phenoxy) is 1. The summed E-state index contributed by atoms with van der Waals surface area (Å²) in [5.74, 6) is 0.770. The summed E-state index contributed by atoms with van der Waals surface area (Å²) in [6, 6.07) is 12.1. The maximum Gasteiger partial charge on any atom is 0.152 e. The first-order valence-corrected chi connectivity index (χ1v) is 9.98. The number of aliphatic hydroxyl groups is 1. The second-order valence-electron chi connectivity index (χ2n) is 7.37. The molecule has 0 aliphatic carbocycles. The van der Waals surface area contributed by atoms with E-state index in [9.17, 15) is 14.8 Å². The number of nitrogens with two attached hydrogens (primary N) is 1. The van der Waals surface area contributed by atoms with Gasteiger partial charge in [-0.1, -0.05) is 17.7 Å². The molecular weight excluding hydrogens is 421 g/mol. The lowest BCUT2D eigenvalue weighted by molar-refractivity contribution is 0.0837. The quantitative estimate of drug-likeness (QED) is 0.468. The van der Waals surface area contributed by atoms with Crippen LogP contribution in [-0.2, 0) is 6.54 Å². The van der Waals surface area contributed by atoms with E-state index in [4.69, 9.17) is 27.5 Å². The molecule has 0 radical (unpaired) electrons. The third-order valence-electron chi connectivity index (χ3n) is 5.23. The number of alkyl halides is 1. The number of nitriles is 1. The van der Waals surface area contributed by atoms with Crippen LogP contribution >= 0.6 is 11.6 Å². The van der Waals surface area contributed by atoms with Gasteiger partial charge in [-0.3, -0.25) is 10.4 Å². The molecule has 31 heavy (non-hydrogen) atoms. The first-order chi connectivity index (χ1) is 14.8. The summed E-state index contributed by atoms with van der Waals surface area (Å²) in [6.07, 6.45) is 0.138. The van der Waals surface area contributed by atoms with Crippen molar-refractivity contribution in [2.75, 3.05) is 26.8 Å². The molecule has 1 unspecified atom stereocenters. The molecule has 1 aliphatic rings. The fraction of sp³-hybridized carbons (Fsp3) is 0.318. The van der Waals surface area contributed by atoms with Crippen LogP contribution in [0, 0.1) is 16.7 Å². The first-order valence-electron chi connectivity index (χ1n) is 9.61. The molecule has 0 saturated carbocycles. The number of aliphatic imine (C=N–C) groups is 1. The number of aliphatic hydroxyl groups excluding tert-OH is 1. The lowest BCUT2D eigenvalue weighted by Crippen LogP contribution is -2.36. The normalized spacial score (nSPS) is 18.7. The SMILES string of the molecule is COc1ccc(CN=C(N)c2cc(C#N)ccc2C(=N)N2CCC(F)(CO)C2)cc1Cl. The van der Waals surface area contributed by atoms with E-state index >= 15 is 0 Å². The Bertz CT molecular complexity index is 1070. The molecular formula is C22H23ClFN5O2. The van der Waals surface area contributed by atoms with Gasteiger partial charge in [0.05, 0.1) is 43.5 Å². The Kier molecular flexibility index (Phi) is 6.78. The van der Waals surface area contributed by atoms with E-state index in [0.717, 1.165) is 5.56 Å². The molecule has 9 heteroatoms. The molecule has 1 atom stereocenters. The molecule has 2 aromatic rings. The summed E-state index contributed by atoms with van der Waals surface area (Å²) in [7, 11) is 1.53. The topological polar surface area (TPSA) is 119 Å². The molecule has 1 heterocycles. The molecule has 0 bridgehead atoms. The van der Waals surface area contributed by atoms with Crippen LogP contribution in [0.5, 0.6) is 5.75 Å².